The number of carbonyl (C=O) groups is 1. The van der Waals surface area contributed by atoms with Gasteiger partial charge in [0, 0.05) is 4.88 Å². The first-order valence-electron chi connectivity index (χ1n) is 6.67. The maximum absolute atomic E-state index is 12.1. The van der Waals surface area contributed by atoms with Gasteiger partial charge in [-0.3, -0.25) is 4.79 Å². The Bertz CT molecular complexity index is 596. The summed E-state index contributed by atoms with van der Waals surface area (Å²) in [7, 11) is 3.17. The van der Waals surface area contributed by atoms with E-state index in [-0.39, 0.29) is 11.9 Å². The van der Waals surface area contributed by atoms with E-state index in [2.05, 4.69) is 5.32 Å². The summed E-state index contributed by atoms with van der Waals surface area (Å²) in [6.45, 7) is 1.98. The lowest BCUT2D eigenvalue weighted by Crippen LogP contribution is -2.27. The minimum Gasteiger partial charge on any atom is -0.493 e. The second-order valence-electron chi connectivity index (χ2n) is 4.67. The number of thiophene rings is 1. The zero-order valence-electron chi connectivity index (χ0n) is 12.4. The number of hydrogen-bond donors (Lipinski definition) is 1. The van der Waals surface area contributed by atoms with Gasteiger partial charge in [-0.2, -0.15) is 0 Å². The van der Waals surface area contributed by atoms with Gasteiger partial charge in [-0.05, 0) is 36.1 Å². The molecule has 0 fully saturated rings. The van der Waals surface area contributed by atoms with Crippen molar-refractivity contribution in [2.24, 2.45) is 0 Å². The van der Waals surface area contributed by atoms with E-state index in [1.807, 2.05) is 42.6 Å². The Morgan fingerprint density at radius 3 is 2.62 bits per heavy atom. The van der Waals surface area contributed by atoms with Crippen molar-refractivity contribution in [3.63, 3.8) is 0 Å². The third kappa shape index (κ3) is 3.98. The quantitative estimate of drug-likeness (QED) is 0.891. The van der Waals surface area contributed by atoms with Crippen LogP contribution in [-0.2, 0) is 11.2 Å². The van der Waals surface area contributed by atoms with Crippen LogP contribution in [0.1, 0.15) is 23.4 Å². The summed E-state index contributed by atoms with van der Waals surface area (Å²) in [5.41, 5.74) is 0.892. The summed E-state index contributed by atoms with van der Waals surface area (Å²) in [6, 6.07) is 9.54. The highest BCUT2D eigenvalue weighted by Gasteiger charge is 2.12. The van der Waals surface area contributed by atoms with E-state index >= 15 is 0 Å². The van der Waals surface area contributed by atoms with Crippen LogP contribution in [0.5, 0.6) is 11.5 Å². The Morgan fingerprint density at radius 2 is 2.00 bits per heavy atom. The normalized spacial score (nSPS) is 11.8. The second-order valence-corrected chi connectivity index (χ2v) is 5.65. The number of benzene rings is 1. The Morgan fingerprint density at radius 1 is 1.24 bits per heavy atom. The van der Waals surface area contributed by atoms with Crippen molar-refractivity contribution < 1.29 is 14.3 Å². The minimum atomic E-state index is -0.0110. The molecular weight excluding hydrogens is 286 g/mol. The monoisotopic (exact) mass is 305 g/mol. The fourth-order valence-corrected chi connectivity index (χ4v) is 2.81. The number of methoxy groups -OCH3 is 2. The molecule has 0 radical (unpaired) electrons. The molecule has 2 rings (SSSR count). The molecule has 1 unspecified atom stereocenters. The maximum Gasteiger partial charge on any atom is 0.224 e. The van der Waals surface area contributed by atoms with E-state index in [0.29, 0.717) is 17.9 Å². The zero-order valence-corrected chi connectivity index (χ0v) is 13.2. The molecule has 1 aromatic heterocycles. The molecule has 21 heavy (non-hydrogen) atoms. The smallest absolute Gasteiger partial charge is 0.224 e. The highest BCUT2D eigenvalue weighted by molar-refractivity contribution is 7.10. The van der Waals surface area contributed by atoms with Crippen molar-refractivity contribution in [2.45, 2.75) is 19.4 Å². The molecule has 0 aliphatic heterocycles. The van der Waals surface area contributed by atoms with Gasteiger partial charge in [0.2, 0.25) is 5.91 Å². The van der Waals surface area contributed by atoms with Gasteiger partial charge >= 0.3 is 0 Å². The lowest BCUT2D eigenvalue weighted by molar-refractivity contribution is -0.121. The molecule has 5 heteroatoms. The molecule has 0 saturated heterocycles. The Balaban J connectivity index is 1.99. The summed E-state index contributed by atoms with van der Waals surface area (Å²) in [4.78, 5) is 13.2. The van der Waals surface area contributed by atoms with E-state index in [1.54, 1.807) is 25.6 Å². The fraction of sp³-hybridized carbons (Fsp3) is 0.312. The number of hydrogen-bond acceptors (Lipinski definition) is 4. The summed E-state index contributed by atoms with van der Waals surface area (Å²) in [6.07, 6.45) is 0.316. The number of carbonyl (C=O) groups excluding carboxylic acids is 1. The first-order valence-corrected chi connectivity index (χ1v) is 7.55. The predicted octanol–water partition coefficient (Wildman–Crippen LogP) is 3.19. The standard InChI is InChI=1S/C16H19NO3S/c1-11(15-5-4-8-21-15)17-16(18)10-12-6-7-13(19-2)14(9-12)20-3/h4-9,11H,10H2,1-3H3,(H,17,18). The van der Waals surface area contributed by atoms with Crippen molar-refractivity contribution in [1.82, 2.24) is 5.32 Å². The van der Waals surface area contributed by atoms with E-state index in [0.717, 1.165) is 10.4 Å². The molecule has 0 aliphatic carbocycles. The molecule has 4 nitrogen and oxygen atoms in total. The molecule has 0 bridgehead atoms. The third-order valence-corrected chi connectivity index (χ3v) is 4.22. The molecule has 1 heterocycles. The molecule has 1 N–H and O–H groups in total. The van der Waals surface area contributed by atoms with Gasteiger partial charge in [0.25, 0.3) is 0 Å². The largest absolute Gasteiger partial charge is 0.493 e. The highest BCUT2D eigenvalue weighted by Crippen LogP contribution is 2.27. The lowest BCUT2D eigenvalue weighted by atomic mass is 10.1. The first-order chi connectivity index (χ1) is 10.1. The molecule has 1 aromatic carbocycles. The molecular formula is C16H19NO3S. The van der Waals surface area contributed by atoms with Crippen molar-refractivity contribution in [1.29, 1.82) is 0 Å². The van der Waals surface area contributed by atoms with Crippen LogP contribution in [-0.4, -0.2) is 20.1 Å². The molecule has 1 atom stereocenters. The van der Waals surface area contributed by atoms with Gasteiger partial charge in [0.05, 0.1) is 26.7 Å². The molecule has 2 aromatic rings. The van der Waals surface area contributed by atoms with Crippen LogP contribution in [0.2, 0.25) is 0 Å². The van der Waals surface area contributed by atoms with E-state index < -0.39 is 0 Å². The van der Waals surface area contributed by atoms with Crippen LogP contribution in [0.25, 0.3) is 0 Å². The highest BCUT2D eigenvalue weighted by atomic mass is 32.1. The van der Waals surface area contributed by atoms with Gasteiger partial charge in [0.15, 0.2) is 11.5 Å². The first kappa shape index (κ1) is 15.4. The van der Waals surface area contributed by atoms with Gasteiger partial charge in [0.1, 0.15) is 0 Å². The molecule has 1 amide bonds. The third-order valence-electron chi connectivity index (χ3n) is 3.16. The van der Waals surface area contributed by atoms with Gasteiger partial charge in [-0.15, -0.1) is 11.3 Å². The molecule has 0 spiro atoms. The average Bonchev–Trinajstić information content (AvgIpc) is 3.01. The SMILES string of the molecule is COc1ccc(CC(=O)NC(C)c2cccs2)cc1OC. The Hall–Kier alpha value is -2.01. The fourth-order valence-electron chi connectivity index (χ4n) is 2.08. The minimum absolute atomic E-state index is 0.0110. The lowest BCUT2D eigenvalue weighted by Gasteiger charge is -2.13. The van der Waals surface area contributed by atoms with Crippen molar-refractivity contribution in [3.8, 4) is 11.5 Å². The van der Waals surface area contributed by atoms with Crippen LogP contribution in [0.4, 0.5) is 0 Å². The van der Waals surface area contributed by atoms with Crippen molar-refractivity contribution in [3.05, 3.63) is 46.2 Å². The van der Waals surface area contributed by atoms with Gasteiger partial charge < -0.3 is 14.8 Å². The van der Waals surface area contributed by atoms with Crippen molar-refractivity contribution >= 4 is 17.2 Å². The van der Waals surface area contributed by atoms with Crippen LogP contribution >= 0.6 is 11.3 Å². The summed E-state index contributed by atoms with van der Waals surface area (Å²) < 4.78 is 10.4. The Kier molecular flexibility index (Phi) is 5.22. The van der Waals surface area contributed by atoms with Crippen molar-refractivity contribution in [2.75, 3.05) is 14.2 Å². The Labute approximate surface area is 128 Å². The average molecular weight is 305 g/mol. The number of amides is 1. The van der Waals surface area contributed by atoms with Crippen LogP contribution in [0.3, 0.4) is 0 Å². The van der Waals surface area contributed by atoms with E-state index in [9.17, 15) is 4.79 Å². The molecule has 112 valence electrons. The molecule has 0 saturated carbocycles. The number of rotatable bonds is 6. The van der Waals surface area contributed by atoms with Gasteiger partial charge in [-0.1, -0.05) is 12.1 Å². The molecule has 0 aliphatic rings. The zero-order chi connectivity index (χ0) is 15.2. The number of nitrogens with one attached hydrogen (secondary N) is 1. The summed E-state index contributed by atoms with van der Waals surface area (Å²) >= 11 is 1.64. The summed E-state index contributed by atoms with van der Waals surface area (Å²) in [5.74, 6) is 1.28. The maximum atomic E-state index is 12.1. The summed E-state index contributed by atoms with van der Waals surface area (Å²) in [5, 5.41) is 5.00. The van der Waals surface area contributed by atoms with Crippen LogP contribution in [0.15, 0.2) is 35.7 Å². The predicted molar refractivity (Wildman–Crippen MR) is 84.1 cm³/mol. The van der Waals surface area contributed by atoms with Crippen LogP contribution in [0, 0.1) is 0 Å². The topological polar surface area (TPSA) is 47.6 Å². The van der Waals surface area contributed by atoms with Gasteiger partial charge in [-0.25, -0.2) is 0 Å². The number of ether oxygens (including phenoxy) is 2. The van der Waals surface area contributed by atoms with Crippen LogP contribution < -0.4 is 14.8 Å². The van der Waals surface area contributed by atoms with E-state index in [4.69, 9.17) is 9.47 Å². The van der Waals surface area contributed by atoms with E-state index in [1.165, 1.54) is 0 Å². The second kappa shape index (κ2) is 7.13.